The van der Waals surface area contributed by atoms with Gasteiger partial charge in [0.1, 0.15) is 30.2 Å². The Hall–Kier alpha value is -2.43. The molecule has 1 aliphatic rings. The van der Waals surface area contributed by atoms with Gasteiger partial charge >= 0.3 is 10.3 Å². The molecule has 0 unspecified atom stereocenters. The fraction of sp³-hybridized carbons (Fsp3) is 0.625. The van der Waals surface area contributed by atoms with E-state index in [1.165, 1.54) is 17.2 Å². The average molecular weight is 459 g/mol. The number of carbonyl (C=O) groups is 1. The molecule has 0 aromatic carbocycles. The molecular weight excluding hydrogens is 434 g/mol. The third-order valence-electron chi connectivity index (χ3n) is 4.67. The number of rotatable bonds is 8. The topological polar surface area (TPSA) is 218 Å². The molecule has 0 spiro atoms. The molecule has 0 radical (unpaired) electrons. The van der Waals surface area contributed by atoms with Crippen molar-refractivity contribution in [2.45, 2.75) is 50.8 Å². The van der Waals surface area contributed by atoms with Gasteiger partial charge in [0.15, 0.2) is 17.7 Å². The van der Waals surface area contributed by atoms with Crippen LogP contribution in [0.2, 0.25) is 0 Å². The van der Waals surface area contributed by atoms with Gasteiger partial charge < -0.3 is 26.4 Å². The van der Waals surface area contributed by atoms with Gasteiger partial charge in [0.2, 0.25) is 0 Å². The van der Waals surface area contributed by atoms with Crippen molar-refractivity contribution in [3.05, 3.63) is 12.7 Å². The van der Waals surface area contributed by atoms with Gasteiger partial charge in [0.25, 0.3) is 5.91 Å². The summed E-state index contributed by atoms with van der Waals surface area (Å²) in [7, 11) is -4.51. The number of fused-ring (bicyclic) bond motifs is 1. The Morgan fingerprint density at radius 3 is 2.71 bits per heavy atom. The number of hydrogen-bond donors (Lipinski definition) is 5. The molecule has 31 heavy (non-hydrogen) atoms. The van der Waals surface area contributed by atoms with Gasteiger partial charge in [-0.25, -0.2) is 19.7 Å². The van der Waals surface area contributed by atoms with E-state index in [9.17, 15) is 23.4 Å². The molecule has 1 fully saturated rings. The minimum atomic E-state index is -4.51. The zero-order valence-electron chi connectivity index (χ0n) is 16.8. The molecule has 1 aliphatic heterocycles. The Balaban J connectivity index is 1.65. The minimum Gasteiger partial charge on any atom is -0.387 e. The van der Waals surface area contributed by atoms with E-state index < -0.39 is 53.4 Å². The Kier molecular flexibility index (Phi) is 6.73. The first-order valence-electron chi connectivity index (χ1n) is 9.41. The minimum absolute atomic E-state index is 0.0877. The molecule has 15 heteroatoms. The quantitative estimate of drug-likeness (QED) is 0.283. The van der Waals surface area contributed by atoms with Crippen molar-refractivity contribution in [3.8, 4) is 0 Å². The van der Waals surface area contributed by atoms with Crippen LogP contribution in [0.25, 0.3) is 11.2 Å². The summed E-state index contributed by atoms with van der Waals surface area (Å²) in [5.41, 5.74) is 11.9. The SMILES string of the molecule is CC(C)C[C@@H](N)C(=O)NS(=O)(=O)OC[C@H]1O[C@@H](n2cnc3c(N)ncnc32)[C@H](O)[C@@H]1O. The summed E-state index contributed by atoms with van der Waals surface area (Å²) in [6, 6.07) is -1.03. The molecule has 7 N–H and O–H groups in total. The predicted molar refractivity (Wildman–Crippen MR) is 106 cm³/mol. The third kappa shape index (κ3) is 5.08. The summed E-state index contributed by atoms with van der Waals surface area (Å²) < 4.78 is 37.5. The standard InChI is InChI=1S/C16H25N7O7S/c1-7(2)3-8(17)15(26)22-31(27,28)29-4-9-11(24)12(25)16(30-9)23-6-21-10-13(18)19-5-20-14(10)23/h5-9,11-12,16,24-25H,3-4,17H2,1-2H3,(H,22,26)(H2,18,19,20)/t8-,9-,11-,12-,16-/m1/s1. The fourth-order valence-electron chi connectivity index (χ4n) is 3.15. The van der Waals surface area contributed by atoms with E-state index in [-0.39, 0.29) is 29.3 Å². The summed E-state index contributed by atoms with van der Waals surface area (Å²) >= 11 is 0. The molecule has 14 nitrogen and oxygen atoms in total. The summed E-state index contributed by atoms with van der Waals surface area (Å²) in [5, 5.41) is 20.6. The van der Waals surface area contributed by atoms with E-state index in [1.807, 2.05) is 13.8 Å². The second kappa shape index (κ2) is 8.97. The first-order valence-corrected chi connectivity index (χ1v) is 10.8. The zero-order valence-corrected chi connectivity index (χ0v) is 17.6. The molecule has 2 aromatic heterocycles. The highest BCUT2D eigenvalue weighted by atomic mass is 32.2. The van der Waals surface area contributed by atoms with Crippen LogP contribution in [-0.4, -0.2) is 75.0 Å². The van der Waals surface area contributed by atoms with Crippen LogP contribution in [0, 0.1) is 5.92 Å². The lowest BCUT2D eigenvalue weighted by molar-refractivity contribution is -0.121. The van der Waals surface area contributed by atoms with Crippen molar-refractivity contribution in [1.29, 1.82) is 0 Å². The number of amides is 1. The molecule has 2 aromatic rings. The van der Waals surface area contributed by atoms with Crippen molar-refractivity contribution in [1.82, 2.24) is 24.2 Å². The van der Waals surface area contributed by atoms with Crippen LogP contribution in [0.5, 0.6) is 0 Å². The van der Waals surface area contributed by atoms with Gasteiger partial charge in [-0.15, -0.1) is 0 Å². The van der Waals surface area contributed by atoms with Gasteiger partial charge in [-0.1, -0.05) is 13.8 Å². The van der Waals surface area contributed by atoms with Crippen molar-refractivity contribution in [3.63, 3.8) is 0 Å². The third-order valence-corrected chi connectivity index (χ3v) is 5.57. The highest BCUT2D eigenvalue weighted by Crippen LogP contribution is 2.32. The number of ether oxygens (including phenoxy) is 1. The first-order chi connectivity index (χ1) is 14.5. The van der Waals surface area contributed by atoms with E-state index in [0.717, 1.165) is 0 Å². The molecule has 1 amide bonds. The molecule has 1 saturated heterocycles. The molecular formula is C16H25N7O7S. The number of anilines is 1. The van der Waals surface area contributed by atoms with Crippen LogP contribution in [0.15, 0.2) is 12.7 Å². The Morgan fingerprint density at radius 1 is 1.32 bits per heavy atom. The average Bonchev–Trinajstić information content (AvgIpc) is 3.22. The van der Waals surface area contributed by atoms with E-state index in [4.69, 9.17) is 20.4 Å². The predicted octanol–water partition coefficient (Wildman–Crippen LogP) is -2.22. The molecule has 3 heterocycles. The van der Waals surface area contributed by atoms with Crippen molar-refractivity contribution in [2.24, 2.45) is 11.7 Å². The van der Waals surface area contributed by atoms with Gasteiger partial charge in [-0.2, -0.15) is 8.42 Å². The van der Waals surface area contributed by atoms with Crippen LogP contribution < -0.4 is 16.2 Å². The first kappa shape index (κ1) is 23.2. The summed E-state index contributed by atoms with van der Waals surface area (Å²) in [6.45, 7) is 3.01. The maximum atomic E-state index is 12.0. The Morgan fingerprint density at radius 2 is 2.03 bits per heavy atom. The van der Waals surface area contributed by atoms with Gasteiger partial charge in [-0.05, 0) is 12.3 Å². The van der Waals surface area contributed by atoms with Crippen LogP contribution in [0.3, 0.4) is 0 Å². The number of aliphatic hydroxyl groups excluding tert-OH is 2. The summed E-state index contributed by atoms with van der Waals surface area (Å²) in [6.07, 6.45) is -2.52. The van der Waals surface area contributed by atoms with Crippen molar-refractivity contribution in [2.75, 3.05) is 12.3 Å². The second-order valence-electron chi connectivity index (χ2n) is 7.57. The number of carbonyl (C=O) groups excluding carboxylic acids is 1. The van der Waals surface area contributed by atoms with Crippen molar-refractivity contribution >= 4 is 33.2 Å². The van der Waals surface area contributed by atoms with E-state index >= 15 is 0 Å². The smallest absolute Gasteiger partial charge is 0.362 e. The van der Waals surface area contributed by atoms with Crippen LogP contribution in [0.1, 0.15) is 26.5 Å². The lowest BCUT2D eigenvalue weighted by atomic mass is 10.0. The van der Waals surface area contributed by atoms with Gasteiger partial charge in [-0.3, -0.25) is 13.5 Å². The number of hydrogen-bond acceptors (Lipinski definition) is 12. The maximum Gasteiger partial charge on any atom is 0.362 e. The normalized spacial score (nSPS) is 25.2. The van der Waals surface area contributed by atoms with Crippen LogP contribution >= 0.6 is 0 Å². The Bertz CT molecular complexity index is 1040. The molecule has 0 bridgehead atoms. The number of aromatic nitrogens is 4. The lowest BCUT2D eigenvalue weighted by Gasteiger charge is -2.17. The maximum absolute atomic E-state index is 12.0. The number of nitrogens with one attached hydrogen (secondary N) is 1. The monoisotopic (exact) mass is 459 g/mol. The van der Waals surface area contributed by atoms with Crippen LogP contribution in [-0.2, 0) is 24.0 Å². The van der Waals surface area contributed by atoms with Gasteiger partial charge in [0.05, 0.1) is 19.0 Å². The lowest BCUT2D eigenvalue weighted by Crippen LogP contribution is -2.45. The number of nitrogens with two attached hydrogens (primary N) is 2. The molecule has 0 aliphatic carbocycles. The zero-order chi connectivity index (χ0) is 22.9. The number of nitrogens with zero attached hydrogens (tertiary/aromatic N) is 4. The highest BCUT2D eigenvalue weighted by molar-refractivity contribution is 7.85. The van der Waals surface area contributed by atoms with Crippen LogP contribution in [0.4, 0.5) is 5.82 Å². The fourth-order valence-corrected chi connectivity index (χ4v) is 3.92. The molecule has 172 valence electrons. The highest BCUT2D eigenvalue weighted by Gasteiger charge is 2.45. The number of nitrogen functional groups attached to an aromatic ring is 1. The number of aliphatic hydroxyl groups is 2. The van der Waals surface area contributed by atoms with Gasteiger partial charge in [0, 0.05) is 0 Å². The van der Waals surface area contributed by atoms with E-state index in [2.05, 4.69) is 15.0 Å². The number of imidazole rings is 1. The molecule has 5 atom stereocenters. The van der Waals surface area contributed by atoms with E-state index in [0.29, 0.717) is 0 Å². The molecule has 3 rings (SSSR count). The second-order valence-corrected chi connectivity index (χ2v) is 8.92. The Labute approximate surface area is 177 Å². The largest absolute Gasteiger partial charge is 0.387 e. The summed E-state index contributed by atoms with van der Waals surface area (Å²) in [4.78, 5) is 23.8. The summed E-state index contributed by atoms with van der Waals surface area (Å²) in [5.74, 6) is -0.708. The van der Waals surface area contributed by atoms with Crippen molar-refractivity contribution < 1.29 is 32.3 Å². The van der Waals surface area contributed by atoms with E-state index in [1.54, 1.807) is 4.72 Å². The molecule has 0 saturated carbocycles.